The molecule has 0 spiro atoms. The van der Waals surface area contributed by atoms with Crippen molar-refractivity contribution in [3.63, 3.8) is 0 Å². The SMILES string of the molecule is CCOc1cccc(C[NH+]2CCCC[C@H]2c2cccnc2)c1. The number of hydrogen-bond acceptors (Lipinski definition) is 2. The van der Waals surface area contributed by atoms with E-state index in [1.165, 1.54) is 36.9 Å². The van der Waals surface area contributed by atoms with Gasteiger partial charge in [-0.15, -0.1) is 0 Å². The van der Waals surface area contributed by atoms with Crippen LogP contribution in [0.1, 0.15) is 43.4 Å². The van der Waals surface area contributed by atoms with Crippen molar-refractivity contribution in [1.29, 1.82) is 0 Å². The first-order valence-electron chi connectivity index (χ1n) is 8.33. The summed E-state index contributed by atoms with van der Waals surface area (Å²) in [5.74, 6) is 0.981. The maximum absolute atomic E-state index is 5.63. The van der Waals surface area contributed by atoms with Crippen molar-refractivity contribution < 1.29 is 9.64 Å². The average molecular weight is 297 g/mol. The zero-order valence-corrected chi connectivity index (χ0v) is 13.3. The van der Waals surface area contributed by atoms with Gasteiger partial charge in [-0.25, -0.2) is 0 Å². The minimum atomic E-state index is 0.568. The number of nitrogens with one attached hydrogen (secondary N) is 1. The van der Waals surface area contributed by atoms with E-state index in [0.29, 0.717) is 6.04 Å². The second kappa shape index (κ2) is 7.41. The summed E-state index contributed by atoms with van der Waals surface area (Å²) in [4.78, 5) is 5.95. The Morgan fingerprint density at radius 1 is 1.23 bits per heavy atom. The largest absolute Gasteiger partial charge is 0.494 e. The van der Waals surface area contributed by atoms with E-state index in [-0.39, 0.29) is 0 Å². The second-order valence-electron chi connectivity index (χ2n) is 6.00. The Morgan fingerprint density at radius 2 is 2.18 bits per heavy atom. The minimum absolute atomic E-state index is 0.568. The first kappa shape index (κ1) is 15.0. The molecule has 0 amide bonds. The predicted octanol–water partition coefficient (Wildman–Crippen LogP) is 2.79. The van der Waals surface area contributed by atoms with Crippen molar-refractivity contribution >= 4 is 0 Å². The van der Waals surface area contributed by atoms with Crippen LogP contribution in [0.2, 0.25) is 0 Å². The van der Waals surface area contributed by atoms with E-state index in [4.69, 9.17) is 4.74 Å². The lowest BCUT2D eigenvalue weighted by molar-refractivity contribution is -0.950. The molecule has 3 nitrogen and oxygen atoms in total. The highest BCUT2D eigenvalue weighted by Crippen LogP contribution is 2.20. The van der Waals surface area contributed by atoms with E-state index in [0.717, 1.165) is 18.9 Å². The van der Waals surface area contributed by atoms with E-state index < -0.39 is 0 Å². The summed E-state index contributed by atoms with van der Waals surface area (Å²) in [5, 5.41) is 0. The summed E-state index contributed by atoms with van der Waals surface area (Å²) in [6.07, 6.45) is 7.79. The zero-order valence-electron chi connectivity index (χ0n) is 13.3. The predicted molar refractivity (Wildman–Crippen MR) is 88.0 cm³/mol. The molecule has 22 heavy (non-hydrogen) atoms. The minimum Gasteiger partial charge on any atom is -0.494 e. The van der Waals surface area contributed by atoms with Gasteiger partial charge in [0.05, 0.1) is 13.2 Å². The summed E-state index contributed by atoms with van der Waals surface area (Å²) in [6.45, 7) is 5.04. The molecule has 0 aliphatic carbocycles. The van der Waals surface area contributed by atoms with E-state index >= 15 is 0 Å². The van der Waals surface area contributed by atoms with Crippen LogP contribution >= 0.6 is 0 Å². The Bertz CT molecular complexity index is 585. The molecule has 2 aromatic rings. The molecule has 1 saturated heterocycles. The van der Waals surface area contributed by atoms with Gasteiger partial charge in [0.15, 0.2) is 0 Å². The standard InChI is InChI=1S/C19H24N2O/c1-2-22-18-9-5-7-16(13-18)15-21-12-4-3-10-19(21)17-8-6-11-20-14-17/h5-9,11,13-14,19H,2-4,10,12,15H2,1H3/p+1/t19-/m0/s1. The maximum atomic E-state index is 5.63. The highest BCUT2D eigenvalue weighted by atomic mass is 16.5. The molecule has 1 aromatic carbocycles. The molecule has 1 unspecified atom stereocenters. The molecule has 116 valence electrons. The van der Waals surface area contributed by atoms with E-state index in [9.17, 15) is 0 Å². The lowest BCUT2D eigenvalue weighted by Gasteiger charge is -2.32. The number of pyridine rings is 1. The fourth-order valence-corrected chi connectivity index (χ4v) is 3.45. The Labute approximate surface area is 132 Å². The molecule has 3 heteroatoms. The van der Waals surface area contributed by atoms with Crippen molar-refractivity contribution in [2.24, 2.45) is 0 Å². The molecule has 1 N–H and O–H groups in total. The molecule has 1 fully saturated rings. The molecule has 2 atom stereocenters. The normalized spacial score (nSPS) is 21.5. The molecule has 0 radical (unpaired) electrons. The highest BCUT2D eigenvalue weighted by molar-refractivity contribution is 5.28. The van der Waals surface area contributed by atoms with Gasteiger partial charge in [-0.2, -0.15) is 0 Å². The quantitative estimate of drug-likeness (QED) is 0.918. The van der Waals surface area contributed by atoms with Gasteiger partial charge >= 0.3 is 0 Å². The summed E-state index contributed by atoms with van der Waals surface area (Å²) < 4.78 is 5.63. The summed E-state index contributed by atoms with van der Waals surface area (Å²) in [6, 6.07) is 13.4. The van der Waals surface area contributed by atoms with Crippen LogP contribution in [0.4, 0.5) is 0 Å². The Hall–Kier alpha value is -1.87. The zero-order chi connectivity index (χ0) is 15.2. The summed E-state index contributed by atoms with van der Waals surface area (Å²) in [5.41, 5.74) is 2.73. The number of rotatable bonds is 5. The first-order valence-corrected chi connectivity index (χ1v) is 8.33. The maximum Gasteiger partial charge on any atom is 0.119 e. The van der Waals surface area contributed by atoms with Crippen LogP contribution in [-0.4, -0.2) is 18.1 Å². The van der Waals surface area contributed by atoms with Gasteiger partial charge in [0.1, 0.15) is 18.3 Å². The third-order valence-corrected chi connectivity index (χ3v) is 4.46. The number of ether oxygens (including phenoxy) is 1. The second-order valence-corrected chi connectivity index (χ2v) is 6.00. The first-order chi connectivity index (χ1) is 10.9. The van der Waals surface area contributed by atoms with Gasteiger partial charge in [-0.1, -0.05) is 18.2 Å². The van der Waals surface area contributed by atoms with E-state index in [1.54, 1.807) is 4.90 Å². The fraction of sp³-hybridized carbons (Fsp3) is 0.421. The molecular weight excluding hydrogens is 272 g/mol. The van der Waals surface area contributed by atoms with Gasteiger partial charge in [0.25, 0.3) is 0 Å². The van der Waals surface area contributed by atoms with Crippen molar-refractivity contribution in [2.45, 2.75) is 38.8 Å². The van der Waals surface area contributed by atoms with Crippen LogP contribution in [0.25, 0.3) is 0 Å². The molecular formula is C19H25N2O+. The van der Waals surface area contributed by atoms with Crippen LogP contribution in [0.3, 0.4) is 0 Å². The molecule has 0 bridgehead atoms. The summed E-state index contributed by atoms with van der Waals surface area (Å²) in [7, 11) is 0. The van der Waals surface area contributed by atoms with E-state index in [2.05, 4.69) is 35.3 Å². The van der Waals surface area contributed by atoms with Crippen molar-refractivity contribution in [3.8, 4) is 5.75 Å². The van der Waals surface area contributed by atoms with Crippen LogP contribution in [0.5, 0.6) is 5.75 Å². The van der Waals surface area contributed by atoms with Gasteiger partial charge in [0, 0.05) is 29.9 Å². The number of hydrogen-bond donors (Lipinski definition) is 1. The number of nitrogens with zero attached hydrogens (tertiary/aromatic N) is 1. The smallest absolute Gasteiger partial charge is 0.119 e. The van der Waals surface area contributed by atoms with E-state index in [1.807, 2.05) is 25.4 Å². The fourth-order valence-electron chi connectivity index (χ4n) is 3.45. The van der Waals surface area contributed by atoms with Crippen LogP contribution in [0, 0.1) is 0 Å². The van der Waals surface area contributed by atoms with Gasteiger partial charge in [-0.3, -0.25) is 4.98 Å². The highest BCUT2D eigenvalue weighted by Gasteiger charge is 2.27. The Morgan fingerprint density at radius 3 is 3.00 bits per heavy atom. The van der Waals surface area contributed by atoms with Crippen LogP contribution in [-0.2, 0) is 6.54 Å². The van der Waals surface area contributed by atoms with Crippen molar-refractivity contribution in [2.75, 3.05) is 13.2 Å². The van der Waals surface area contributed by atoms with Crippen molar-refractivity contribution in [1.82, 2.24) is 4.98 Å². The number of piperidine rings is 1. The average Bonchev–Trinajstić information content (AvgIpc) is 2.57. The lowest BCUT2D eigenvalue weighted by atomic mass is 9.96. The molecule has 0 saturated carbocycles. The number of quaternary nitrogens is 1. The third-order valence-electron chi connectivity index (χ3n) is 4.46. The molecule has 2 heterocycles. The molecule has 3 rings (SSSR count). The number of benzene rings is 1. The Balaban J connectivity index is 1.75. The van der Waals surface area contributed by atoms with Gasteiger partial charge in [-0.05, 0) is 38.0 Å². The topological polar surface area (TPSA) is 26.6 Å². The molecule has 1 aromatic heterocycles. The van der Waals surface area contributed by atoms with Gasteiger partial charge < -0.3 is 9.64 Å². The van der Waals surface area contributed by atoms with Gasteiger partial charge in [0.2, 0.25) is 0 Å². The van der Waals surface area contributed by atoms with Crippen LogP contribution < -0.4 is 9.64 Å². The van der Waals surface area contributed by atoms with Crippen molar-refractivity contribution in [3.05, 3.63) is 59.9 Å². The summed E-state index contributed by atoms with van der Waals surface area (Å²) >= 11 is 0. The third kappa shape index (κ3) is 3.66. The van der Waals surface area contributed by atoms with Crippen LogP contribution in [0.15, 0.2) is 48.8 Å². The monoisotopic (exact) mass is 297 g/mol. The number of aromatic nitrogens is 1. The number of likely N-dealkylation sites (tertiary alicyclic amines) is 1. The molecule has 1 aliphatic rings. The Kier molecular flexibility index (Phi) is 5.07. The lowest BCUT2D eigenvalue weighted by Crippen LogP contribution is -3.11. The molecule has 1 aliphatic heterocycles.